The van der Waals surface area contributed by atoms with E-state index in [-0.39, 0.29) is 0 Å². The van der Waals surface area contributed by atoms with E-state index in [9.17, 15) is 0 Å². The zero-order valence-electron chi connectivity index (χ0n) is 10.3. The lowest BCUT2D eigenvalue weighted by Crippen LogP contribution is -2.26. The van der Waals surface area contributed by atoms with E-state index < -0.39 is 0 Å². The fourth-order valence-corrected chi connectivity index (χ4v) is 3.58. The molecule has 0 aromatic heterocycles. The lowest BCUT2D eigenvalue weighted by atomic mass is 9.64. The van der Waals surface area contributed by atoms with Crippen molar-refractivity contribution in [3.8, 4) is 0 Å². The second-order valence-corrected chi connectivity index (χ2v) is 5.73. The van der Waals surface area contributed by atoms with Gasteiger partial charge in [-0.3, -0.25) is 0 Å². The number of hydrogen-bond donors (Lipinski definition) is 0. The Hall–Kier alpha value is -1.04. The van der Waals surface area contributed by atoms with Gasteiger partial charge in [0.1, 0.15) is 0 Å². The summed E-state index contributed by atoms with van der Waals surface area (Å²) in [6, 6.07) is 0. The molecule has 0 radical (unpaired) electrons. The van der Waals surface area contributed by atoms with Gasteiger partial charge in [0.05, 0.1) is 0 Å². The monoisotopic (exact) mass is 212 g/mol. The Kier molecular flexibility index (Phi) is 2.20. The van der Waals surface area contributed by atoms with Crippen molar-refractivity contribution in [2.75, 3.05) is 0 Å². The van der Waals surface area contributed by atoms with Crippen LogP contribution in [0, 0.1) is 5.41 Å². The summed E-state index contributed by atoms with van der Waals surface area (Å²) >= 11 is 0. The largest absolute Gasteiger partial charge is 0.0841 e. The Balaban J connectivity index is 2.03. The summed E-state index contributed by atoms with van der Waals surface area (Å²) in [5.74, 6) is 0. The lowest BCUT2D eigenvalue weighted by molar-refractivity contribution is 0.479. The van der Waals surface area contributed by atoms with Crippen molar-refractivity contribution in [3.63, 3.8) is 0 Å². The highest BCUT2D eigenvalue weighted by Gasteiger charge is 2.35. The summed E-state index contributed by atoms with van der Waals surface area (Å²) in [6.07, 6.45) is 15.4. The first kappa shape index (κ1) is 10.1. The summed E-state index contributed by atoms with van der Waals surface area (Å²) in [5, 5.41) is 0. The molecule has 0 saturated carbocycles. The average molecular weight is 212 g/mol. The molecule has 84 valence electrons. The van der Waals surface area contributed by atoms with E-state index in [0.29, 0.717) is 5.41 Å². The van der Waals surface area contributed by atoms with Gasteiger partial charge in [-0.1, -0.05) is 60.4 Å². The zero-order chi connectivity index (χ0) is 11.2. The van der Waals surface area contributed by atoms with Crippen LogP contribution in [-0.4, -0.2) is 0 Å². The third-order valence-electron chi connectivity index (χ3n) is 4.49. The molecule has 16 heavy (non-hydrogen) atoms. The smallest absolute Gasteiger partial charge is 0.00760 e. The van der Waals surface area contributed by atoms with Crippen LogP contribution in [0.5, 0.6) is 0 Å². The Morgan fingerprint density at radius 3 is 1.69 bits per heavy atom. The summed E-state index contributed by atoms with van der Waals surface area (Å²) in [4.78, 5) is 0. The van der Waals surface area contributed by atoms with E-state index in [2.05, 4.69) is 38.2 Å². The summed E-state index contributed by atoms with van der Waals surface area (Å²) in [5.41, 5.74) is 7.16. The van der Waals surface area contributed by atoms with Gasteiger partial charge in [-0.05, 0) is 32.1 Å². The van der Waals surface area contributed by atoms with Crippen molar-refractivity contribution in [3.05, 3.63) is 46.6 Å². The highest BCUT2D eigenvalue weighted by Crippen LogP contribution is 2.50. The van der Waals surface area contributed by atoms with Crippen LogP contribution in [0.3, 0.4) is 0 Å². The van der Waals surface area contributed by atoms with Crippen LogP contribution < -0.4 is 0 Å². The molecule has 0 saturated heterocycles. The molecule has 3 rings (SSSR count). The molecule has 0 heterocycles. The van der Waals surface area contributed by atoms with Gasteiger partial charge < -0.3 is 0 Å². The fraction of sp³-hybridized carbons (Fsp3) is 0.500. The molecular weight excluding hydrogens is 192 g/mol. The van der Waals surface area contributed by atoms with E-state index in [1.54, 1.807) is 22.3 Å². The van der Waals surface area contributed by atoms with E-state index in [4.69, 9.17) is 0 Å². The minimum absolute atomic E-state index is 0.318. The molecule has 0 aromatic rings. The van der Waals surface area contributed by atoms with Gasteiger partial charge in [-0.2, -0.15) is 0 Å². The molecule has 3 aliphatic rings. The van der Waals surface area contributed by atoms with Gasteiger partial charge in [0.25, 0.3) is 0 Å². The average Bonchev–Trinajstić information content (AvgIpc) is 2.29. The minimum atomic E-state index is 0.318. The van der Waals surface area contributed by atoms with Crippen LogP contribution in [-0.2, 0) is 0 Å². The SMILES string of the molecule is CC1(C)C2=C(CC=CC2)CC2=C1CC=CC2. The quantitative estimate of drug-likeness (QED) is 0.510. The van der Waals surface area contributed by atoms with Gasteiger partial charge in [0.15, 0.2) is 0 Å². The molecule has 0 atom stereocenters. The van der Waals surface area contributed by atoms with Crippen LogP contribution in [0.25, 0.3) is 0 Å². The molecule has 0 spiro atoms. The van der Waals surface area contributed by atoms with Crippen LogP contribution >= 0.6 is 0 Å². The lowest BCUT2D eigenvalue weighted by Gasteiger charge is -2.41. The number of rotatable bonds is 0. The molecule has 3 aliphatic carbocycles. The van der Waals surface area contributed by atoms with Crippen molar-refractivity contribution in [2.24, 2.45) is 5.41 Å². The second-order valence-electron chi connectivity index (χ2n) is 5.73. The normalized spacial score (nSPS) is 26.9. The Morgan fingerprint density at radius 2 is 1.19 bits per heavy atom. The van der Waals surface area contributed by atoms with E-state index >= 15 is 0 Å². The van der Waals surface area contributed by atoms with E-state index in [1.165, 1.54) is 32.1 Å². The van der Waals surface area contributed by atoms with Crippen molar-refractivity contribution < 1.29 is 0 Å². The molecule has 0 amide bonds. The standard InChI is InChI=1S/C16H20/c1-16(2)14-9-5-3-7-12(14)11-13-8-4-6-10-15(13)16/h3-6H,7-11H2,1-2H3. The first-order chi connectivity index (χ1) is 7.69. The summed E-state index contributed by atoms with van der Waals surface area (Å²) in [6.45, 7) is 4.85. The highest BCUT2D eigenvalue weighted by molar-refractivity contribution is 5.47. The minimum Gasteiger partial charge on any atom is -0.0841 e. The summed E-state index contributed by atoms with van der Waals surface area (Å²) < 4.78 is 0. The van der Waals surface area contributed by atoms with Crippen molar-refractivity contribution in [1.82, 2.24) is 0 Å². The van der Waals surface area contributed by atoms with Crippen molar-refractivity contribution in [2.45, 2.75) is 46.0 Å². The van der Waals surface area contributed by atoms with Crippen LogP contribution in [0.4, 0.5) is 0 Å². The Morgan fingerprint density at radius 1 is 0.750 bits per heavy atom. The molecule has 0 bridgehead atoms. The highest BCUT2D eigenvalue weighted by atomic mass is 14.4. The third kappa shape index (κ3) is 1.36. The predicted octanol–water partition coefficient (Wildman–Crippen LogP) is 4.71. The van der Waals surface area contributed by atoms with Crippen LogP contribution in [0.1, 0.15) is 46.0 Å². The maximum atomic E-state index is 2.43. The third-order valence-corrected chi connectivity index (χ3v) is 4.49. The molecule has 0 heteroatoms. The van der Waals surface area contributed by atoms with Gasteiger partial charge in [-0.25, -0.2) is 0 Å². The van der Waals surface area contributed by atoms with Crippen molar-refractivity contribution in [1.29, 1.82) is 0 Å². The van der Waals surface area contributed by atoms with Gasteiger partial charge in [0, 0.05) is 5.41 Å². The molecule has 0 fully saturated rings. The van der Waals surface area contributed by atoms with E-state index in [1.807, 2.05) is 0 Å². The maximum Gasteiger partial charge on any atom is 0.00760 e. The maximum absolute atomic E-state index is 2.43. The Labute approximate surface area is 98.4 Å². The molecule has 0 aromatic carbocycles. The topological polar surface area (TPSA) is 0 Å². The zero-order valence-corrected chi connectivity index (χ0v) is 10.3. The first-order valence-corrected chi connectivity index (χ1v) is 6.42. The molecule has 0 nitrogen and oxygen atoms in total. The number of allylic oxidation sites excluding steroid dienone is 8. The van der Waals surface area contributed by atoms with Crippen molar-refractivity contribution >= 4 is 0 Å². The van der Waals surface area contributed by atoms with Gasteiger partial charge >= 0.3 is 0 Å². The van der Waals surface area contributed by atoms with Crippen LogP contribution in [0.2, 0.25) is 0 Å². The molecule has 0 unspecified atom stereocenters. The van der Waals surface area contributed by atoms with Crippen LogP contribution in [0.15, 0.2) is 46.6 Å². The predicted molar refractivity (Wildman–Crippen MR) is 69.2 cm³/mol. The van der Waals surface area contributed by atoms with E-state index in [0.717, 1.165) is 0 Å². The number of hydrogen-bond acceptors (Lipinski definition) is 0. The molecule has 0 aliphatic heterocycles. The molecular formula is C16H20. The fourth-order valence-electron chi connectivity index (χ4n) is 3.58. The molecule has 0 N–H and O–H groups in total. The Bertz CT molecular complexity index is 399. The summed E-state index contributed by atoms with van der Waals surface area (Å²) in [7, 11) is 0. The van der Waals surface area contributed by atoms with Gasteiger partial charge in [-0.15, -0.1) is 0 Å². The van der Waals surface area contributed by atoms with Gasteiger partial charge in [0.2, 0.25) is 0 Å². The second kappa shape index (κ2) is 3.48. The first-order valence-electron chi connectivity index (χ1n) is 6.42.